The lowest BCUT2D eigenvalue weighted by molar-refractivity contribution is 0.232. The van der Waals surface area contributed by atoms with Gasteiger partial charge in [-0.3, -0.25) is 0 Å². The Balaban J connectivity index is 2.37. The van der Waals surface area contributed by atoms with Crippen LogP contribution in [-0.2, 0) is 5.66 Å². The van der Waals surface area contributed by atoms with Crippen molar-refractivity contribution in [1.29, 1.82) is 0 Å². The Morgan fingerprint density at radius 2 is 1.93 bits per heavy atom. The highest BCUT2D eigenvalue weighted by atomic mass is 16.2. The fourth-order valence-corrected chi connectivity index (χ4v) is 1.40. The summed E-state index contributed by atoms with van der Waals surface area (Å²) in [5.41, 5.74) is 5.97. The third-order valence-corrected chi connectivity index (χ3v) is 2.13. The summed E-state index contributed by atoms with van der Waals surface area (Å²) in [5.74, 6) is 0. The van der Waals surface area contributed by atoms with E-state index < -0.39 is 5.66 Å². The van der Waals surface area contributed by atoms with Crippen LogP contribution in [0.1, 0.15) is 5.56 Å². The predicted molar refractivity (Wildman–Crippen MR) is 53.1 cm³/mol. The number of amides is 2. The van der Waals surface area contributed by atoms with E-state index in [1.807, 2.05) is 30.3 Å². The normalized spacial score (nSPS) is 25.4. The second kappa shape index (κ2) is 3.16. The average molecular weight is 189 g/mol. The summed E-state index contributed by atoms with van der Waals surface area (Å²) < 4.78 is 0. The molecule has 14 heavy (non-hydrogen) atoms. The van der Waals surface area contributed by atoms with E-state index in [0.717, 1.165) is 5.56 Å². The molecule has 0 saturated heterocycles. The summed E-state index contributed by atoms with van der Waals surface area (Å²) in [7, 11) is 0. The molecule has 1 aliphatic rings. The number of carbonyl (C=O) groups excluding carboxylic acids is 1. The van der Waals surface area contributed by atoms with Crippen molar-refractivity contribution in [3.05, 3.63) is 48.2 Å². The molecule has 4 N–H and O–H groups in total. The second-order valence-electron chi connectivity index (χ2n) is 3.17. The molecule has 4 nitrogen and oxygen atoms in total. The van der Waals surface area contributed by atoms with Gasteiger partial charge in [-0.1, -0.05) is 30.3 Å². The number of hydrogen-bond acceptors (Lipinski definition) is 2. The van der Waals surface area contributed by atoms with Gasteiger partial charge in [0.05, 0.1) is 0 Å². The van der Waals surface area contributed by atoms with Gasteiger partial charge < -0.3 is 16.4 Å². The van der Waals surface area contributed by atoms with E-state index in [-0.39, 0.29) is 6.03 Å². The van der Waals surface area contributed by atoms with Crippen molar-refractivity contribution in [3.8, 4) is 0 Å². The molecule has 1 unspecified atom stereocenters. The largest absolute Gasteiger partial charge is 0.320 e. The molecular formula is C10H11N3O. The first kappa shape index (κ1) is 8.77. The molecule has 1 aromatic carbocycles. The molecule has 72 valence electrons. The Morgan fingerprint density at radius 3 is 2.57 bits per heavy atom. The summed E-state index contributed by atoms with van der Waals surface area (Å²) in [6.45, 7) is 0. The number of benzene rings is 1. The number of rotatable bonds is 1. The number of urea groups is 1. The van der Waals surface area contributed by atoms with Crippen LogP contribution in [0.2, 0.25) is 0 Å². The molecule has 0 saturated carbocycles. The molecular weight excluding hydrogens is 178 g/mol. The molecule has 1 atom stereocenters. The van der Waals surface area contributed by atoms with E-state index in [9.17, 15) is 4.79 Å². The maximum Gasteiger partial charge on any atom is 0.320 e. The number of carbonyl (C=O) groups is 1. The fourth-order valence-electron chi connectivity index (χ4n) is 1.40. The summed E-state index contributed by atoms with van der Waals surface area (Å²) >= 11 is 0. The first-order valence-electron chi connectivity index (χ1n) is 4.31. The van der Waals surface area contributed by atoms with E-state index in [4.69, 9.17) is 5.73 Å². The molecule has 0 radical (unpaired) electrons. The minimum absolute atomic E-state index is 0.293. The summed E-state index contributed by atoms with van der Waals surface area (Å²) in [4.78, 5) is 11.1. The minimum Gasteiger partial charge on any atom is -0.315 e. The van der Waals surface area contributed by atoms with Crippen molar-refractivity contribution < 1.29 is 4.79 Å². The fraction of sp³-hybridized carbons (Fsp3) is 0.100. The predicted octanol–water partition coefficient (Wildman–Crippen LogP) is 0.625. The van der Waals surface area contributed by atoms with E-state index in [1.165, 1.54) is 0 Å². The van der Waals surface area contributed by atoms with Crippen molar-refractivity contribution >= 4 is 6.03 Å². The van der Waals surface area contributed by atoms with Crippen LogP contribution in [0.25, 0.3) is 0 Å². The molecule has 2 amide bonds. The zero-order valence-electron chi connectivity index (χ0n) is 7.53. The lowest BCUT2D eigenvalue weighted by Crippen LogP contribution is -2.56. The van der Waals surface area contributed by atoms with Crippen molar-refractivity contribution in [2.45, 2.75) is 5.66 Å². The first-order valence-corrected chi connectivity index (χ1v) is 4.31. The molecule has 4 heteroatoms. The van der Waals surface area contributed by atoms with Crippen LogP contribution >= 0.6 is 0 Å². The van der Waals surface area contributed by atoms with Crippen LogP contribution < -0.4 is 16.4 Å². The Morgan fingerprint density at radius 1 is 1.21 bits per heavy atom. The first-order chi connectivity index (χ1) is 6.71. The summed E-state index contributed by atoms with van der Waals surface area (Å²) in [6, 6.07) is 9.11. The van der Waals surface area contributed by atoms with E-state index in [2.05, 4.69) is 10.6 Å². The Labute approximate surface area is 81.8 Å². The van der Waals surface area contributed by atoms with Crippen LogP contribution in [0.15, 0.2) is 42.6 Å². The van der Waals surface area contributed by atoms with Gasteiger partial charge in [0.25, 0.3) is 0 Å². The molecule has 2 rings (SSSR count). The highest BCUT2D eigenvalue weighted by Crippen LogP contribution is 2.17. The average Bonchev–Trinajstić information content (AvgIpc) is 2.19. The van der Waals surface area contributed by atoms with Gasteiger partial charge in [0.2, 0.25) is 0 Å². The quantitative estimate of drug-likeness (QED) is 0.606. The van der Waals surface area contributed by atoms with Gasteiger partial charge in [-0.25, -0.2) is 4.79 Å². The standard InChI is InChI=1S/C10H11N3O/c11-10(6-7-12-9(14)13-10)8-4-2-1-3-5-8/h1-7H,11H2,(H2,12,13,14). The molecule has 1 aromatic rings. The Hall–Kier alpha value is -1.81. The van der Waals surface area contributed by atoms with Crippen LogP contribution in [0.4, 0.5) is 4.79 Å². The molecule has 0 spiro atoms. The SMILES string of the molecule is NC1(c2ccccc2)C=CNC(=O)N1. The molecule has 1 heterocycles. The number of nitrogens with one attached hydrogen (secondary N) is 2. The lowest BCUT2D eigenvalue weighted by Gasteiger charge is -2.30. The van der Waals surface area contributed by atoms with Crippen molar-refractivity contribution in [2.24, 2.45) is 5.73 Å². The van der Waals surface area contributed by atoms with Gasteiger partial charge in [-0.05, 0) is 11.6 Å². The zero-order valence-corrected chi connectivity index (χ0v) is 7.53. The van der Waals surface area contributed by atoms with Gasteiger partial charge in [-0.15, -0.1) is 0 Å². The molecule has 0 aliphatic carbocycles. The van der Waals surface area contributed by atoms with Gasteiger partial charge in [0.15, 0.2) is 0 Å². The maximum absolute atomic E-state index is 11.1. The third kappa shape index (κ3) is 1.47. The van der Waals surface area contributed by atoms with E-state index in [0.29, 0.717) is 0 Å². The van der Waals surface area contributed by atoms with Gasteiger partial charge in [0, 0.05) is 6.20 Å². The topological polar surface area (TPSA) is 67.1 Å². The Kier molecular flexibility index (Phi) is 1.98. The number of nitrogens with two attached hydrogens (primary N) is 1. The molecule has 0 bridgehead atoms. The minimum atomic E-state index is -0.899. The summed E-state index contributed by atoms with van der Waals surface area (Å²) in [5, 5.41) is 5.15. The van der Waals surface area contributed by atoms with Crippen LogP contribution in [0.5, 0.6) is 0 Å². The molecule has 0 aromatic heterocycles. The van der Waals surface area contributed by atoms with E-state index in [1.54, 1.807) is 12.3 Å². The lowest BCUT2D eigenvalue weighted by atomic mass is 10.00. The van der Waals surface area contributed by atoms with E-state index >= 15 is 0 Å². The highest BCUT2D eigenvalue weighted by molar-refractivity contribution is 5.77. The van der Waals surface area contributed by atoms with Crippen molar-refractivity contribution in [2.75, 3.05) is 0 Å². The molecule has 1 aliphatic heterocycles. The van der Waals surface area contributed by atoms with Gasteiger partial charge in [0.1, 0.15) is 5.66 Å². The zero-order chi connectivity index (χ0) is 10.0. The Bertz CT molecular complexity index is 374. The van der Waals surface area contributed by atoms with Crippen LogP contribution in [0, 0.1) is 0 Å². The number of hydrogen-bond donors (Lipinski definition) is 3. The van der Waals surface area contributed by atoms with Crippen LogP contribution in [-0.4, -0.2) is 6.03 Å². The second-order valence-corrected chi connectivity index (χ2v) is 3.17. The maximum atomic E-state index is 11.1. The third-order valence-electron chi connectivity index (χ3n) is 2.13. The summed E-state index contributed by atoms with van der Waals surface area (Å²) in [6.07, 6.45) is 3.26. The van der Waals surface area contributed by atoms with Gasteiger partial charge in [-0.2, -0.15) is 0 Å². The monoisotopic (exact) mass is 189 g/mol. The van der Waals surface area contributed by atoms with Crippen LogP contribution in [0.3, 0.4) is 0 Å². The molecule has 0 fully saturated rings. The van der Waals surface area contributed by atoms with Crippen molar-refractivity contribution in [3.63, 3.8) is 0 Å². The smallest absolute Gasteiger partial charge is 0.315 e. The van der Waals surface area contributed by atoms with Crippen molar-refractivity contribution in [1.82, 2.24) is 10.6 Å². The highest BCUT2D eigenvalue weighted by Gasteiger charge is 2.28. The van der Waals surface area contributed by atoms with Gasteiger partial charge >= 0.3 is 6.03 Å².